The SMILES string of the molecule is CC1(C)c2cc(Nc3ccc(S(=O)(=O)O)cc3)ccc2C(c2c(F)c(F)c(SCC(=O)O)c(F)c2F)=c2cc3c(cc21)=[N+](Cc1ccc(S(=O)(=O)O)cc1)C(C)(C)CC3S(=O)(=O)O. The van der Waals surface area contributed by atoms with Crippen molar-refractivity contribution in [2.75, 3.05) is 11.1 Å². The number of rotatable bonds is 11. The van der Waals surface area contributed by atoms with Gasteiger partial charge in [0, 0.05) is 46.0 Å². The first-order chi connectivity index (χ1) is 29.1. The molecule has 0 bridgehead atoms. The summed E-state index contributed by atoms with van der Waals surface area (Å²) in [5.41, 5.74) is -1.99. The second-order valence-corrected chi connectivity index (χ2v) is 21.6. The number of fused-ring (bicyclic) bond motifs is 3. The van der Waals surface area contributed by atoms with Gasteiger partial charge in [-0.05, 0) is 90.4 Å². The van der Waals surface area contributed by atoms with Gasteiger partial charge in [-0.1, -0.05) is 32.0 Å². The Morgan fingerprint density at radius 1 is 0.746 bits per heavy atom. The lowest BCUT2D eigenvalue weighted by atomic mass is 9.68. The van der Waals surface area contributed by atoms with E-state index in [0.29, 0.717) is 22.5 Å². The van der Waals surface area contributed by atoms with Crippen molar-refractivity contribution in [1.82, 2.24) is 4.58 Å². The first-order valence-corrected chi connectivity index (χ1v) is 24.0. The van der Waals surface area contributed by atoms with Crippen molar-refractivity contribution in [3.63, 3.8) is 0 Å². The van der Waals surface area contributed by atoms with Crippen LogP contribution in [-0.2, 0) is 47.1 Å². The van der Waals surface area contributed by atoms with Gasteiger partial charge in [-0.3, -0.25) is 18.5 Å². The molecular weight excluding hydrogens is 913 g/mol. The summed E-state index contributed by atoms with van der Waals surface area (Å²) < 4.78 is 170. The van der Waals surface area contributed by atoms with E-state index in [4.69, 9.17) is 5.11 Å². The lowest BCUT2D eigenvalue weighted by molar-refractivity contribution is -0.133. The van der Waals surface area contributed by atoms with Crippen LogP contribution in [-0.4, -0.2) is 61.3 Å². The summed E-state index contributed by atoms with van der Waals surface area (Å²) in [7, 11) is -14.0. The molecule has 332 valence electrons. The molecule has 5 aromatic rings. The number of hydrogen-bond donors (Lipinski definition) is 5. The number of thioether (sulfide) groups is 1. The molecule has 1 aliphatic heterocycles. The third-order valence-corrected chi connectivity index (χ3v) is 15.2. The standard InChI is InChI=1S/C42H36F4N2O11S4/c1-41(2)18-32(63(57,58)59)28-16-27-30(17-31(28)48(41)19-21-5-10-24(11-6-21)61(51,52)53)42(3,4)29-15-23(47-22-7-12-25(13-8-22)62(54,55)56)9-14-26(29)34(27)35-36(43)38(45)40(39(46)37(35)44)60-20-33(49)50/h5-17,32H,18-20H2,1-4H3,(H4,49,50,51,52,53,54,55,56,57,58,59)/p+1. The van der Waals surface area contributed by atoms with Gasteiger partial charge >= 0.3 is 5.97 Å². The molecule has 13 nitrogen and oxygen atoms in total. The van der Waals surface area contributed by atoms with Gasteiger partial charge in [-0.15, -0.1) is 11.8 Å². The Balaban J connectivity index is 1.57. The van der Waals surface area contributed by atoms with E-state index in [-0.39, 0.29) is 61.8 Å². The van der Waals surface area contributed by atoms with Crippen molar-refractivity contribution in [3.8, 4) is 0 Å². The Kier molecular flexibility index (Phi) is 11.5. The van der Waals surface area contributed by atoms with Gasteiger partial charge in [0.25, 0.3) is 30.4 Å². The maximum atomic E-state index is 16.6. The highest BCUT2D eigenvalue weighted by Crippen LogP contribution is 2.45. The zero-order valence-corrected chi connectivity index (χ0v) is 36.7. The number of anilines is 2. The number of nitrogens with zero attached hydrogens (tertiary/aromatic N) is 1. The maximum Gasteiger partial charge on any atom is 0.313 e. The summed E-state index contributed by atoms with van der Waals surface area (Å²) in [5, 5.41) is 10.8. The van der Waals surface area contributed by atoms with Crippen LogP contribution in [0.15, 0.2) is 93.5 Å². The van der Waals surface area contributed by atoms with Crippen molar-refractivity contribution < 1.29 is 66.4 Å². The average Bonchev–Trinajstić information content (AvgIpc) is 3.18. The van der Waals surface area contributed by atoms with Gasteiger partial charge in [0.15, 0.2) is 35.4 Å². The smallest absolute Gasteiger partial charge is 0.313 e. The van der Waals surface area contributed by atoms with E-state index >= 15 is 17.6 Å². The molecule has 7 rings (SSSR count). The van der Waals surface area contributed by atoms with E-state index in [0.717, 1.165) is 12.1 Å². The summed E-state index contributed by atoms with van der Waals surface area (Å²) in [6, 6.07) is 17.6. The van der Waals surface area contributed by atoms with Crippen LogP contribution in [0.4, 0.5) is 28.9 Å². The number of halogens is 4. The van der Waals surface area contributed by atoms with Crippen LogP contribution < -0.4 is 20.5 Å². The summed E-state index contributed by atoms with van der Waals surface area (Å²) in [6.45, 7) is 6.91. The van der Waals surface area contributed by atoms with Crippen molar-refractivity contribution >= 4 is 65.0 Å². The Bertz CT molecular complexity index is 3220. The summed E-state index contributed by atoms with van der Waals surface area (Å²) in [4.78, 5) is 9.28. The van der Waals surface area contributed by atoms with E-state index < -0.39 is 97.6 Å². The van der Waals surface area contributed by atoms with Gasteiger partial charge in [0.05, 0.1) is 26.0 Å². The molecule has 5 N–H and O–H groups in total. The van der Waals surface area contributed by atoms with Crippen molar-refractivity contribution in [3.05, 3.63) is 146 Å². The second-order valence-electron chi connectivity index (χ2n) is 16.2. The number of hydrogen-bond acceptors (Lipinski definition) is 9. The number of nitrogens with one attached hydrogen (secondary N) is 1. The van der Waals surface area contributed by atoms with Gasteiger partial charge < -0.3 is 10.4 Å². The fourth-order valence-electron chi connectivity index (χ4n) is 8.22. The third kappa shape index (κ3) is 8.50. The van der Waals surface area contributed by atoms with Crippen LogP contribution in [0.25, 0.3) is 5.57 Å². The van der Waals surface area contributed by atoms with E-state index in [2.05, 4.69) is 5.32 Å². The molecule has 1 heterocycles. The Hall–Kier alpha value is -5.16. The molecule has 1 aliphatic carbocycles. The van der Waals surface area contributed by atoms with Crippen LogP contribution >= 0.6 is 11.8 Å². The highest BCUT2D eigenvalue weighted by atomic mass is 32.2. The van der Waals surface area contributed by atoms with Crippen LogP contribution in [0.2, 0.25) is 0 Å². The molecule has 1 atom stereocenters. The molecule has 0 radical (unpaired) electrons. The molecule has 0 aromatic heterocycles. The molecule has 5 aromatic carbocycles. The van der Waals surface area contributed by atoms with Crippen LogP contribution in [0.3, 0.4) is 0 Å². The topological polar surface area (TPSA) is 215 Å². The number of carboxylic acid groups (broad SMARTS) is 1. The fraction of sp³-hybridized carbons (Fsp3) is 0.238. The van der Waals surface area contributed by atoms with Gasteiger partial charge in [-0.25, -0.2) is 22.1 Å². The van der Waals surface area contributed by atoms with Crippen molar-refractivity contribution in [2.24, 2.45) is 0 Å². The van der Waals surface area contributed by atoms with E-state index in [1.807, 2.05) is 0 Å². The monoisotopic (exact) mass is 949 g/mol. The summed E-state index contributed by atoms with van der Waals surface area (Å²) in [5.74, 6) is -9.92. The van der Waals surface area contributed by atoms with E-state index in [9.17, 15) is 43.7 Å². The van der Waals surface area contributed by atoms with Crippen LogP contribution in [0, 0.1) is 23.3 Å². The Morgan fingerprint density at radius 2 is 1.29 bits per heavy atom. The van der Waals surface area contributed by atoms with Gasteiger partial charge in [0.2, 0.25) is 5.36 Å². The molecule has 63 heavy (non-hydrogen) atoms. The number of carbonyl (C=O) groups is 1. The predicted molar refractivity (Wildman–Crippen MR) is 224 cm³/mol. The maximum absolute atomic E-state index is 16.6. The number of benzene rings is 5. The zero-order valence-electron chi connectivity index (χ0n) is 33.4. The van der Waals surface area contributed by atoms with Gasteiger partial charge in [-0.2, -0.15) is 25.3 Å². The molecule has 1 unspecified atom stereocenters. The van der Waals surface area contributed by atoms with Crippen LogP contribution in [0.1, 0.15) is 72.7 Å². The molecule has 0 saturated heterocycles. The molecule has 21 heteroatoms. The van der Waals surface area contributed by atoms with Gasteiger partial charge in [0.1, 0.15) is 5.25 Å². The minimum atomic E-state index is -4.93. The zero-order chi connectivity index (χ0) is 46.4. The quantitative estimate of drug-likeness (QED) is 0.0322. The number of aliphatic carboxylic acids is 1. The highest BCUT2D eigenvalue weighted by Gasteiger charge is 2.47. The molecule has 0 fully saturated rings. The highest BCUT2D eigenvalue weighted by molar-refractivity contribution is 8.00. The first-order valence-electron chi connectivity index (χ1n) is 18.7. The van der Waals surface area contributed by atoms with E-state index in [1.54, 1.807) is 44.4 Å². The Morgan fingerprint density at radius 3 is 1.81 bits per heavy atom. The average molecular weight is 950 g/mol. The number of carboxylic acids is 1. The van der Waals surface area contributed by atoms with Crippen molar-refractivity contribution in [2.45, 2.75) is 71.6 Å². The van der Waals surface area contributed by atoms with Crippen molar-refractivity contribution in [1.29, 1.82) is 0 Å². The molecule has 0 spiro atoms. The largest absolute Gasteiger partial charge is 0.481 e. The summed E-state index contributed by atoms with van der Waals surface area (Å²) >= 11 is 0.0291. The molecule has 0 amide bonds. The fourth-order valence-corrected chi connectivity index (χ4v) is 11.0. The lowest BCUT2D eigenvalue weighted by Gasteiger charge is -2.37. The predicted octanol–water partition coefficient (Wildman–Crippen LogP) is 6.35. The lowest BCUT2D eigenvalue weighted by Crippen LogP contribution is -2.54. The molecule has 0 saturated carbocycles. The second kappa shape index (κ2) is 15.8. The van der Waals surface area contributed by atoms with Crippen LogP contribution in [0.5, 0.6) is 0 Å². The minimum absolute atomic E-state index is 0.00984. The molecular formula is C42H37F4N2O11S4+. The normalized spacial score (nSPS) is 16.8. The molecule has 2 aliphatic rings. The first kappa shape index (κ1) is 45.9. The van der Waals surface area contributed by atoms with E-state index in [1.165, 1.54) is 54.6 Å². The third-order valence-electron chi connectivity index (χ3n) is 11.3. The summed E-state index contributed by atoms with van der Waals surface area (Å²) in [6.07, 6.45) is -0.238. The Labute approximate surface area is 363 Å². The minimum Gasteiger partial charge on any atom is -0.481 e.